The fourth-order valence-corrected chi connectivity index (χ4v) is 4.08. The summed E-state index contributed by atoms with van der Waals surface area (Å²) >= 11 is 1.46. The fourth-order valence-electron chi connectivity index (χ4n) is 3.03. The number of esters is 1. The highest BCUT2D eigenvalue weighted by Gasteiger charge is 2.15. The molecule has 0 atom stereocenters. The molecule has 146 valence electrons. The van der Waals surface area contributed by atoms with Crippen LogP contribution in [0, 0.1) is 13.8 Å². The minimum absolute atomic E-state index is 0.111. The highest BCUT2D eigenvalue weighted by atomic mass is 32.1. The molecule has 4 rings (SSSR count). The van der Waals surface area contributed by atoms with Crippen LogP contribution in [0.4, 0.5) is 11.4 Å². The van der Waals surface area contributed by atoms with Crippen LogP contribution in [0.25, 0.3) is 10.2 Å². The molecule has 0 aliphatic carbocycles. The lowest BCUT2D eigenvalue weighted by Gasteiger charge is -2.11. The minimum Gasteiger partial charge on any atom is -0.454 e. The van der Waals surface area contributed by atoms with Crippen LogP contribution in [0.15, 0.2) is 59.4 Å². The molecule has 6 nitrogen and oxygen atoms in total. The van der Waals surface area contributed by atoms with Crippen molar-refractivity contribution in [1.29, 1.82) is 0 Å². The Bertz CT molecular complexity index is 1250. The Labute approximate surface area is 171 Å². The van der Waals surface area contributed by atoms with Crippen LogP contribution in [0.2, 0.25) is 0 Å². The first-order chi connectivity index (χ1) is 14.0. The zero-order chi connectivity index (χ0) is 20.4. The van der Waals surface area contributed by atoms with E-state index >= 15 is 0 Å². The predicted octanol–water partition coefficient (Wildman–Crippen LogP) is 4.70. The van der Waals surface area contributed by atoms with Gasteiger partial charge >= 0.3 is 5.97 Å². The topological polar surface area (TPSA) is 84.1 Å². The lowest BCUT2D eigenvalue weighted by atomic mass is 10.1. The van der Waals surface area contributed by atoms with Crippen molar-refractivity contribution in [3.8, 4) is 0 Å². The van der Waals surface area contributed by atoms with Gasteiger partial charge in [-0.25, -0.2) is 9.78 Å². The molecule has 2 heterocycles. The van der Waals surface area contributed by atoms with Gasteiger partial charge in [0.15, 0.2) is 0 Å². The number of carbonyl (C=O) groups excluding carboxylic acids is 1. The Balaban J connectivity index is 1.53. The Morgan fingerprint density at radius 3 is 2.62 bits per heavy atom. The maximum absolute atomic E-state index is 12.7. The molecular weight excluding hydrogens is 386 g/mol. The van der Waals surface area contributed by atoms with Crippen molar-refractivity contribution in [2.45, 2.75) is 20.5 Å². The molecule has 0 bridgehead atoms. The number of H-pyrrole nitrogens is 1. The molecule has 2 aromatic heterocycles. The molecule has 0 saturated carbocycles. The second-order valence-corrected chi connectivity index (χ2v) is 7.79. The quantitative estimate of drug-likeness (QED) is 0.470. The zero-order valence-corrected chi connectivity index (χ0v) is 16.8. The average Bonchev–Trinajstić information content (AvgIpc) is 3.01. The number of hydrogen-bond donors (Lipinski definition) is 2. The number of fused-ring (bicyclic) bond motifs is 1. The summed E-state index contributed by atoms with van der Waals surface area (Å²) in [5, 5.41) is 3.82. The highest BCUT2D eigenvalue weighted by molar-refractivity contribution is 7.18. The number of benzene rings is 2. The Hall–Kier alpha value is -3.45. The molecule has 2 aromatic carbocycles. The molecule has 0 unspecified atom stereocenters. The highest BCUT2D eigenvalue weighted by Crippen LogP contribution is 2.26. The first-order valence-electron chi connectivity index (χ1n) is 9.10. The van der Waals surface area contributed by atoms with Gasteiger partial charge in [-0.3, -0.25) is 4.79 Å². The van der Waals surface area contributed by atoms with Gasteiger partial charge in [-0.15, -0.1) is 11.3 Å². The predicted molar refractivity (Wildman–Crippen MR) is 115 cm³/mol. The van der Waals surface area contributed by atoms with E-state index in [1.807, 2.05) is 56.3 Å². The van der Waals surface area contributed by atoms with Gasteiger partial charge in [0.05, 0.1) is 16.6 Å². The van der Waals surface area contributed by atoms with Crippen molar-refractivity contribution >= 4 is 38.9 Å². The fraction of sp³-hybridized carbons (Fsp3) is 0.136. The van der Waals surface area contributed by atoms with E-state index in [0.717, 1.165) is 16.1 Å². The number of nitrogens with zero attached hydrogens (tertiary/aromatic N) is 1. The second kappa shape index (κ2) is 7.89. The number of aromatic nitrogens is 2. The summed E-state index contributed by atoms with van der Waals surface area (Å²) in [4.78, 5) is 33.9. The van der Waals surface area contributed by atoms with Crippen molar-refractivity contribution in [2.24, 2.45) is 0 Å². The van der Waals surface area contributed by atoms with Crippen LogP contribution in [0.1, 0.15) is 26.6 Å². The minimum atomic E-state index is -0.495. The van der Waals surface area contributed by atoms with Crippen molar-refractivity contribution in [3.05, 3.63) is 86.8 Å². The number of aryl methyl sites for hydroxylation is 2. The maximum atomic E-state index is 12.7. The van der Waals surface area contributed by atoms with E-state index in [0.29, 0.717) is 27.3 Å². The molecule has 0 saturated heterocycles. The first-order valence-corrected chi connectivity index (χ1v) is 9.91. The Kier molecular flexibility index (Phi) is 5.14. The molecule has 2 N–H and O–H groups in total. The zero-order valence-electron chi connectivity index (χ0n) is 16.0. The number of ether oxygens (including phenoxy) is 1. The maximum Gasteiger partial charge on any atom is 0.340 e. The third-order valence-corrected chi connectivity index (χ3v) is 5.73. The summed E-state index contributed by atoms with van der Waals surface area (Å²) < 4.78 is 5.43. The van der Waals surface area contributed by atoms with Gasteiger partial charge < -0.3 is 15.0 Å². The van der Waals surface area contributed by atoms with Crippen LogP contribution < -0.4 is 10.9 Å². The molecule has 0 spiro atoms. The second-order valence-electron chi connectivity index (χ2n) is 6.59. The number of thiophene rings is 1. The van der Waals surface area contributed by atoms with E-state index in [-0.39, 0.29) is 12.2 Å². The van der Waals surface area contributed by atoms with Crippen LogP contribution in [0.3, 0.4) is 0 Å². The van der Waals surface area contributed by atoms with Gasteiger partial charge in [0.2, 0.25) is 0 Å². The number of hydrogen-bond acceptors (Lipinski definition) is 6. The Morgan fingerprint density at radius 2 is 1.83 bits per heavy atom. The van der Waals surface area contributed by atoms with Gasteiger partial charge in [0, 0.05) is 10.6 Å². The van der Waals surface area contributed by atoms with E-state index in [2.05, 4.69) is 15.3 Å². The van der Waals surface area contributed by atoms with Gasteiger partial charge in [0.1, 0.15) is 17.3 Å². The average molecular weight is 405 g/mol. The lowest BCUT2D eigenvalue weighted by Crippen LogP contribution is -2.14. The number of rotatable bonds is 5. The van der Waals surface area contributed by atoms with Crippen molar-refractivity contribution < 1.29 is 9.53 Å². The number of aromatic amines is 1. The van der Waals surface area contributed by atoms with E-state index in [1.165, 1.54) is 11.3 Å². The van der Waals surface area contributed by atoms with E-state index in [1.54, 1.807) is 12.1 Å². The summed E-state index contributed by atoms with van der Waals surface area (Å²) in [5.41, 5.74) is 2.64. The van der Waals surface area contributed by atoms with E-state index in [9.17, 15) is 9.59 Å². The summed E-state index contributed by atoms with van der Waals surface area (Å²) in [6.45, 7) is 3.75. The normalized spacial score (nSPS) is 10.8. The summed E-state index contributed by atoms with van der Waals surface area (Å²) in [5.74, 6) is -0.170. The third kappa shape index (κ3) is 3.90. The largest absolute Gasteiger partial charge is 0.454 e. The number of anilines is 2. The van der Waals surface area contributed by atoms with Crippen LogP contribution in [-0.2, 0) is 11.3 Å². The Morgan fingerprint density at radius 1 is 1.10 bits per heavy atom. The molecule has 0 fully saturated rings. The van der Waals surface area contributed by atoms with Crippen LogP contribution in [-0.4, -0.2) is 15.9 Å². The first kappa shape index (κ1) is 18.9. The van der Waals surface area contributed by atoms with Gasteiger partial charge in [-0.2, -0.15) is 0 Å². The molecular formula is C22H19N3O3S. The monoisotopic (exact) mass is 405 g/mol. The van der Waals surface area contributed by atoms with Gasteiger partial charge in [-0.05, 0) is 43.7 Å². The molecule has 29 heavy (non-hydrogen) atoms. The molecule has 0 aliphatic rings. The molecule has 4 aromatic rings. The van der Waals surface area contributed by atoms with Crippen molar-refractivity contribution in [2.75, 3.05) is 5.32 Å². The van der Waals surface area contributed by atoms with Gasteiger partial charge in [-0.1, -0.05) is 30.3 Å². The molecule has 7 heteroatoms. The molecule has 0 aliphatic heterocycles. The van der Waals surface area contributed by atoms with E-state index in [4.69, 9.17) is 4.74 Å². The number of para-hydroxylation sites is 2. The third-order valence-electron chi connectivity index (χ3n) is 4.63. The molecule has 0 radical (unpaired) electrons. The number of carbonyl (C=O) groups is 1. The van der Waals surface area contributed by atoms with Crippen LogP contribution >= 0.6 is 11.3 Å². The van der Waals surface area contributed by atoms with Crippen molar-refractivity contribution in [1.82, 2.24) is 9.97 Å². The van der Waals surface area contributed by atoms with Crippen molar-refractivity contribution in [3.63, 3.8) is 0 Å². The summed E-state index contributed by atoms with van der Waals surface area (Å²) in [6.07, 6.45) is 0. The van der Waals surface area contributed by atoms with Gasteiger partial charge in [0.25, 0.3) is 5.56 Å². The molecule has 0 amide bonds. The number of nitrogens with one attached hydrogen (secondary N) is 2. The van der Waals surface area contributed by atoms with Crippen LogP contribution in [0.5, 0.6) is 0 Å². The SMILES string of the molecule is Cc1sc2nc(COC(=O)c3ccccc3Nc3ccccc3)[nH]c(=O)c2c1C. The summed E-state index contributed by atoms with van der Waals surface area (Å²) in [7, 11) is 0. The smallest absolute Gasteiger partial charge is 0.340 e. The standard InChI is InChI=1S/C22H19N3O3S/c1-13-14(2)29-21-19(13)20(26)24-18(25-21)12-28-22(27)16-10-6-7-11-17(16)23-15-8-4-3-5-9-15/h3-11,23H,12H2,1-2H3,(H,24,25,26). The van der Waals surface area contributed by atoms with E-state index < -0.39 is 5.97 Å². The summed E-state index contributed by atoms with van der Waals surface area (Å²) in [6, 6.07) is 16.7. The lowest BCUT2D eigenvalue weighted by molar-refractivity contribution is 0.0463.